The fraction of sp³-hybridized carbons (Fsp3) is 0.625. The Hall–Kier alpha value is -1.06. The molecular weight excluding hydrogens is 236 g/mol. The standard InChI is InChI=1S/C16H28N2O/c1-6-17-12-13(3)18(7-2)14(4)15-10-8-9-11-16(15)19-5/h8-11,13-14,17H,6-7,12H2,1-5H3/t13?,14-/m0/s1. The van der Waals surface area contributed by atoms with Crippen LogP contribution in [0, 0.1) is 0 Å². The van der Waals surface area contributed by atoms with Crippen LogP contribution in [0.2, 0.25) is 0 Å². The van der Waals surface area contributed by atoms with E-state index in [-0.39, 0.29) is 0 Å². The molecule has 19 heavy (non-hydrogen) atoms. The molecule has 1 aromatic carbocycles. The Labute approximate surface area is 118 Å². The maximum absolute atomic E-state index is 5.48. The average molecular weight is 264 g/mol. The van der Waals surface area contributed by atoms with Gasteiger partial charge in [-0.3, -0.25) is 4.90 Å². The minimum atomic E-state index is 0.356. The number of nitrogens with one attached hydrogen (secondary N) is 1. The van der Waals surface area contributed by atoms with Crippen molar-refractivity contribution >= 4 is 0 Å². The third-order valence-electron chi connectivity index (χ3n) is 3.71. The van der Waals surface area contributed by atoms with Crippen LogP contribution >= 0.6 is 0 Å². The van der Waals surface area contributed by atoms with Gasteiger partial charge in [-0.05, 0) is 33.0 Å². The summed E-state index contributed by atoms with van der Waals surface area (Å²) >= 11 is 0. The first-order valence-electron chi connectivity index (χ1n) is 7.25. The number of benzene rings is 1. The second-order valence-electron chi connectivity index (χ2n) is 4.91. The molecule has 1 unspecified atom stereocenters. The monoisotopic (exact) mass is 264 g/mol. The fourth-order valence-electron chi connectivity index (χ4n) is 2.63. The molecule has 0 saturated carbocycles. The molecule has 0 heterocycles. The van der Waals surface area contributed by atoms with Crippen LogP contribution in [0.25, 0.3) is 0 Å². The predicted octanol–water partition coefficient (Wildman–Crippen LogP) is 3.08. The van der Waals surface area contributed by atoms with Crippen LogP contribution in [0.3, 0.4) is 0 Å². The first-order chi connectivity index (χ1) is 9.15. The molecule has 0 spiro atoms. The van der Waals surface area contributed by atoms with Crippen molar-refractivity contribution in [3.8, 4) is 5.75 Å². The smallest absolute Gasteiger partial charge is 0.123 e. The zero-order chi connectivity index (χ0) is 14.3. The Morgan fingerprint density at radius 2 is 1.89 bits per heavy atom. The molecule has 0 aliphatic heterocycles. The molecule has 3 heteroatoms. The number of likely N-dealkylation sites (N-methyl/N-ethyl adjacent to an activating group) is 2. The van der Waals surface area contributed by atoms with Gasteiger partial charge in [-0.15, -0.1) is 0 Å². The number of methoxy groups -OCH3 is 1. The first-order valence-corrected chi connectivity index (χ1v) is 7.25. The van der Waals surface area contributed by atoms with E-state index in [0.717, 1.165) is 25.4 Å². The van der Waals surface area contributed by atoms with E-state index in [1.54, 1.807) is 7.11 Å². The third kappa shape index (κ3) is 4.22. The van der Waals surface area contributed by atoms with Crippen molar-refractivity contribution < 1.29 is 4.74 Å². The van der Waals surface area contributed by atoms with Crippen LogP contribution in [0.1, 0.15) is 39.3 Å². The predicted molar refractivity (Wildman–Crippen MR) is 81.8 cm³/mol. The number of hydrogen-bond acceptors (Lipinski definition) is 3. The molecule has 0 aliphatic carbocycles. The Kier molecular flexibility index (Phi) is 6.89. The number of para-hydroxylation sites is 1. The van der Waals surface area contributed by atoms with Gasteiger partial charge in [-0.2, -0.15) is 0 Å². The van der Waals surface area contributed by atoms with Crippen LogP contribution in [0.15, 0.2) is 24.3 Å². The topological polar surface area (TPSA) is 24.5 Å². The summed E-state index contributed by atoms with van der Waals surface area (Å²) in [5, 5.41) is 3.42. The lowest BCUT2D eigenvalue weighted by Crippen LogP contribution is -2.41. The van der Waals surface area contributed by atoms with Crippen molar-refractivity contribution in [1.29, 1.82) is 0 Å². The lowest BCUT2D eigenvalue weighted by Gasteiger charge is -2.34. The van der Waals surface area contributed by atoms with Crippen molar-refractivity contribution in [3.63, 3.8) is 0 Å². The van der Waals surface area contributed by atoms with Gasteiger partial charge >= 0.3 is 0 Å². The quantitative estimate of drug-likeness (QED) is 0.781. The number of ether oxygens (including phenoxy) is 1. The van der Waals surface area contributed by atoms with Crippen molar-refractivity contribution in [3.05, 3.63) is 29.8 Å². The molecule has 108 valence electrons. The van der Waals surface area contributed by atoms with E-state index >= 15 is 0 Å². The van der Waals surface area contributed by atoms with Gasteiger partial charge in [0.1, 0.15) is 5.75 Å². The highest BCUT2D eigenvalue weighted by Crippen LogP contribution is 2.29. The van der Waals surface area contributed by atoms with Gasteiger partial charge in [0.25, 0.3) is 0 Å². The molecule has 0 radical (unpaired) electrons. The van der Waals surface area contributed by atoms with E-state index in [9.17, 15) is 0 Å². The molecule has 0 aliphatic rings. The van der Waals surface area contributed by atoms with E-state index in [1.165, 1.54) is 5.56 Å². The highest BCUT2D eigenvalue weighted by atomic mass is 16.5. The lowest BCUT2D eigenvalue weighted by atomic mass is 10.0. The number of hydrogen-bond donors (Lipinski definition) is 1. The summed E-state index contributed by atoms with van der Waals surface area (Å²) in [6.45, 7) is 12.0. The van der Waals surface area contributed by atoms with Gasteiger partial charge < -0.3 is 10.1 Å². The van der Waals surface area contributed by atoms with E-state index in [0.29, 0.717) is 12.1 Å². The number of nitrogens with zero attached hydrogens (tertiary/aromatic N) is 1. The second kappa shape index (κ2) is 8.18. The maximum atomic E-state index is 5.48. The summed E-state index contributed by atoms with van der Waals surface area (Å²) in [6, 6.07) is 9.16. The molecule has 1 N–H and O–H groups in total. The van der Waals surface area contributed by atoms with E-state index in [2.05, 4.69) is 50.0 Å². The molecule has 0 bridgehead atoms. The van der Waals surface area contributed by atoms with Crippen LogP contribution in [0.4, 0.5) is 0 Å². The largest absolute Gasteiger partial charge is 0.496 e. The zero-order valence-corrected chi connectivity index (χ0v) is 12.9. The molecule has 0 fully saturated rings. The third-order valence-corrected chi connectivity index (χ3v) is 3.71. The first kappa shape index (κ1) is 16.0. The second-order valence-corrected chi connectivity index (χ2v) is 4.91. The molecule has 2 atom stereocenters. The summed E-state index contributed by atoms with van der Waals surface area (Å²) in [6.07, 6.45) is 0. The van der Waals surface area contributed by atoms with Gasteiger partial charge in [0.05, 0.1) is 7.11 Å². The average Bonchev–Trinajstić information content (AvgIpc) is 2.45. The Bertz CT molecular complexity index is 368. The molecule has 0 aromatic heterocycles. The molecule has 0 saturated heterocycles. The van der Waals surface area contributed by atoms with Gasteiger partial charge in [0.15, 0.2) is 0 Å². The van der Waals surface area contributed by atoms with Crippen LogP contribution < -0.4 is 10.1 Å². The van der Waals surface area contributed by atoms with E-state index in [4.69, 9.17) is 4.74 Å². The van der Waals surface area contributed by atoms with Crippen molar-refractivity contribution in [2.75, 3.05) is 26.7 Å². The van der Waals surface area contributed by atoms with Crippen molar-refractivity contribution in [2.45, 2.75) is 39.8 Å². The van der Waals surface area contributed by atoms with Crippen molar-refractivity contribution in [2.24, 2.45) is 0 Å². The minimum absolute atomic E-state index is 0.356. The Morgan fingerprint density at radius 1 is 1.21 bits per heavy atom. The number of rotatable bonds is 8. The highest BCUT2D eigenvalue weighted by Gasteiger charge is 2.21. The normalized spacial score (nSPS) is 14.4. The Morgan fingerprint density at radius 3 is 2.47 bits per heavy atom. The van der Waals surface area contributed by atoms with E-state index in [1.807, 2.05) is 12.1 Å². The lowest BCUT2D eigenvalue weighted by molar-refractivity contribution is 0.158. The van der Waals surface area contributed by atoms with Gasteiger partial charge in [0, 0.05) is 24.2 Å². The van der Waals surface area contributed by atoms with Crippen LogP contribution in [-0.2, 0) is 0 Å². The summed E-state index contributed by atoms with van der Waals surface area (Å²) in [4.78, 5) is 2.50. The maximum Gasteiger partial charge on any atom is 0.123 e. The van der Waals surface area contributed by atoms with Gasteiger partial charge in [-0.25, -0.2) is 0 Å². The summed E-state index contributed by atoms with van der Waals surface area (Å²) < 4.78 is 5.48. The fourth-order valence-corrected chi connectivity index (χ4v) is 2.63. The molecule has 1 aromatic rings. The van der Waals surface area contributed by atoms with Gasteiger partial charge in [-0.1, -0.05) is 32.0 Å². The highest BCUT2D eigenvalue weighted by molar-refractivity contribution is 5.35. The summed E-state index contributed by atoms with van der Waals surface area (Å²) in [7, 11) is 1.74. The molecule has 1 rings (SSSR count). The Balaban J connectivity index is 2.85. The minimum Gasteiger partial charge on any atom is -0.496 e. The summed E-state index contributed by atoms with van der Waals surface area (Å²) in [5.74, 6) is 0.976. The van der Waals surface area contributed by atoms with Gasteiger partial charge in [0.2, 0.25) is 0 Å². The molecule has 3 nitrogen and oxygen atoms in total. The molecular formula is C16H28N2O. The van der Waals surface area contributed by atoms with Crippen LogP contribution in [-0.4, -0.2) is 37.7 Å². The van der Waals surface area contributed by atoms with Crippen molar-refractivity contribution in [1.82, 2.24) is 10.2 Å². The van der Waals surface area contributed by atoms with E-state index < -0.39 is 0 Å². The molecule has 0 amide bonds. The SMILES string of the molecule is CCNCC(C)N(CC)[C@@H](C)c1ccccc1OC. The zero-order valence-electron chi connectivity index (χ0n) is 12.9. The summed E-state index contributed by atoms with van der Waals surface area (Å²) in [5.41, 5.74) is 1.26. The van der Waals surface area contributed by atoms with Crippen LogP contribution in [0.5, 0.6) is 5.75 Å².